The van der Waals surface area contributed by atoms with Crippen LogP contribution < -0.4 is 19.7 Å². The number of benzene rings is 1. The molecule has 0 aromatic heterocycles. The minimum absolute atomic E-state index is 0.0715. The number of halogens is 1. The molecule has 6 nitrogen and oxygen atoms in total. The van der Waals surface area contributed by atoms with E-state index in [0.29, 0.717) is 29.9 Å². The number of urea groups is 1. The van der Waals surface area contributed by atoms with E-state index in [0.717, 1.165) is 37.4 Å². The summed E-state index contributed by atoms with van der Waals surface area (Å²) >= 11 is 6.20. The second-order valence-corrected chi connectivity index (χ2v) is 7.68. The van der Waals surface area contributed by atoms with E-state index in [1.54, 1.807) is 20.3 Å². The van der Waals surface area contributed by atoms with Gasteiger partial charge in [0.25, 0.3) is 0 Å². The highest BCUT2D eigenvalue weighted by Gasteiger charge is 2.25. The topological polar surface area (TPSA) is 54.0 Å². The first-order valence-corrected chi connectivity index (χ1v) is 10.2. The Morgan fingerprint density at radius 2 is 1.63 bits per heavy atom. The van der Waals surface area contributed by atoms with E-state index >= 15 is 0 Å². The number of carbonyl (C=O) groups is 1. The number of nitrogens with zero attached hydrogens (tertiary/aromatic N) is 2. The summed E-state index contributed by atoms with van der Waals surface area (Å²) in [6.07, 6.45) is 7.23. The van der Waals surface area contributed by atoms with Crippen LogP contribution in [0.4, 0.5) is 10.5 Å². The normalized spacial score (nSPS) is 18.8. The van der Waals surface area contributed by atoms with Crippen molar-refractivity contribution in [1.29, 1.82) is 0 Å². The molecule has 27 heavy (non-hydrogen) atoms. The van der Waals surface area contributed by atoms with Gasteiger partial charge in [0.05, 0.1) is 24.9 Å². The van der Waals surface area contributed by atoms with Crippen LogP contribution in [-0.2, 0) is 0 Å². The minimum Gasteiger partial charge on any atom is -0.495 e. The molecule has 150 valence electrons. The lowest BCUT2D eigenvalue weighted by molar-refractivity contribution is 0.189. The van der Waals surface area contributed by atoms with Crippen molar-refractivity contribution in [3.05, 3.63) is 17.2 Å². The Balaban J connectivity index is 1.59. The molecule has 1 N–H and O–H groups in total. The molecule has 0 radical (unpaired) electrons. The van der Waals surface area contributed by atoms with E-state index in [1.165, 1.54) is 25.7 Å². The maximum absolute atomic E-state index is 12.6. The highest BCUT2D eigenvalue weighted by molar-refractivity contribution is 6.32. The van der Waals surface area contributed by atoms with Crippen molar-refractivity contribution in [3.63, 3.8) is 0 Å². The van der Waals surface area contributed by atoms with Crippen LogP contribution in [0.5, 0.6) is 11.5 Å². The van der Waals surface area contributed by atoms with Gasteiger partial charge in [-0.25, -0.2) is 4.79 Å². The van der Waals surface area contributed by atoms with Crippen LogP contribution in [0.2, 0.25) is 5.02 Å². The molecule has 1 aliphatic heterocycles. The predicted octanol–water partition coefficient (Wildman–Crippen LogP) is 3.91. The molecule has 3 rings (SSSR count). The van der Waals surface area contributed by atoms with Crippen molar-refractivity contribution < 1.29 is 14.3 Å². The number of piperazine rings is 1. The molecule has 0 unspecified atom stereocenters. The van der Waals surface area contributed by atoms with Crippen molar-refractivity contribution >= 4 is 23.3 Å². The van der Waals surface area contributed by atoms with Crippen LogP contribution in [0.1, 0.15) is 38.5 Å². The summed E-state index contributed by atoms with van der Waals surface area (Å²) in [5.74, 6) is 1.35. The van der Waals surface area contributed by atoms with Crippen molar-refractivity contribution in [2.45, 2.75) is 44.6 Å². The van der Waals surface area contributed by atoms with Gasteiger partial charge in [-0.2, -0.15) is 0 Å². The Bertz CT molecular complexity index is 640. The molecular weight excluding hydrogens is 366 g/mol. The average Bonchev–Trinajstić information content (AvgIpc) is 2.96. The largest absolute Gasteiger partial charge is 0.495 e. The van der Waals surface area contributed by atoms with Crippen LogP contribution >= 0.6 is 11.6 Å². The molecular formula is C20H30ClN3O3. The summed E-state index contributed by atoms with van der Waals surface area (Å²) < 4.78 is 10.8. The van der Waals surface area contributed by atoms with Crippen molar-refractivity contribution in [2.75, 3.05) is 45.3 Å². The Labute approximate surface area is 166 Å². The lowest BCUT2D eigenvalue weighted by atomic mass is 10.1. The van der Waals surface area contributed by atoms with E-state index in [-0.39, 0.29) is 6.03 Å². The molecule has 0 spiro atoms. The Morgan fingerprint density at radius 1 is 1.00 bits per heavy atom. The predicted molar refractivity (Wildman–Crippen MR) is 108 cm³/mol. The Morgan fingerprint density at radius 3 is 2.22 bits per heavy atom. The van der Waals surface area contributed by atoms with Gasteiger partial charge in [-0.3, -0.25) is 0 Å². The third-order valence-electron chi connectivity index (χ3n) is 5.54. The van der Waals surface area contributed by atoms with E-state index in [1.807, 2.05) is 11.0 Å². The fourth-order valence-electron chi connectivity index (χ4n) is 3.93. The molecule has 1 aromatic rings. The molecule has 2 fully saturated rings. The highest BCUT2D eigenvalue weighted by Crippen LogP contribution is 2.38. The molecule has 0 bridgehead atoms. The van der Waals surface area contributed by atoms with Crippen molar-refractivity contribution in [3.8, 4) is 11.5 Å². The van der Waals surface area contributed by atoms with Gasteiger partial charge in [-0.1, -0.05) is 37.3 Å². The van der Waals surface area contributed by atoms with Crippen LogP contribution in [-0.4, -0.2) is 57.4 Å². The molecule has 1 saturated carbocycles. The fraction of sp³-hybridized carbons (Fsp3) is 0.650. The van der Waals surface area contributed by atoms with E-state index in [4.69, 9.17) is 21.1 Å². The van der Waals surface area contributed by atoms with Crippen LogP contribution in [0, 0.1) is 0 Å². The minimum atomic E-state index is 0.0715. The first kappa shape index (κ1) is 19.9. The standard InChI is InChI=1S/C20H30ClN3O3/c1-26-18-14-17(19(27-2)13-16(18)21)23-9-11-24(12-10-23)20(25)22-15-7-5-3-4-6-8-15/h13-15H,3-12H2,1-2H3,(H,22,25). The van der Waals surface area contributed by atoms with E-state index < -0.39 is 0 Å². The van der Waals surface area contributed by atoms with Gasteiger partial charge < -0.3 is 24.6 Å². The highest BCUT2D eigenvalue weighted by atomic mass is 35.5. The van der Waals surface area contributed by atoms with Gasteiger partial charge >= 0.3 is 6.03 Å². The van der Waals surface area contributed by atoms with Gasteiger partial charge in [0.15, 0.2) is 0 Å². The number of amides is 2. The molecule has 0 atom stereocenters. The Kier molecular flexibility index (Phi) is 6.94. The summed E-state index contributed by atoms with van der Waals surface area (Å²) in [5, 5.41) is 3.77. The van der Waals surface area contributed by atoms with Crippen molar-refractivity contribution in [1.82, 2.24) is 10.2 Å². The number of hydrogen-bond donors (Lipinski definition) is 1. The zero-order valence-corrected chi connectivity index (χ0v) is 17.1. The second kappa shape index (κ2) is 9.40. The van der Waals surface area contributed by atoms with Gasteiger partial charge in [0.2, 0.25) is 0 Å². The zero-order chi connectivity index (χ0) is 19.2. The lowest BCUT2D eigenvalue weighted by Gasteiger charge is -2.37. The number of hydrogen-bond acceptors (Lipinski definition) is 4. The van der Waals surface area contributed by atoms with Crippen molar-refractivity contribution in [2.24, 2.45) is 0 Å². The third kappa shape index (κ3) is 4.92. The molecule has 1 heterocycles. The van der Waals surface area contributed by atoms with Crippen LogP contribution in [0.25, 0.3) is 0 Å². The Hall–Kier alpha value is -1.82. The van der Waals surface area contributed by atoms with Gasteiger partial charge in [0, 0.05) is 44.4 Å². The number of methoxy groups -OCH3 is 2. The molecule has 2 amide bonds. The van der Waals surface area contributed by atoms with Gasteiger partial charge in [-0.05, 0) is 12.8 Å². The van der Waals surface area contributed by atoms with Gasteiger partial charge in [0.1, 0.15) is 11.5 Å². The summed E-state index contributed by atoms with van der Waals surface area (Å²) in [6.45, 7) is 2.87. The molecule has 1 aromatic carbocycles. The number of rotatable bonds is 4. The molecule has 7 heteroatoms. The number of nitrogens with one attached hydrogen (secondary N) is 1. The third-order valence-corrected chi connectivity index (χ3v) is 5.84. The SMILES string of the molecule is COc1cc(N2CCN(C(=O)NC3CCCCCC3)CC2)c(OC)cc1Cl. The summed E-state index contributed by atoms with van der Waals surface area (Å²) in [7, 11) is 3.24. The summed E-state index contributed by atoms with van der Waals surface area (Å²) in [5.41, 5.74) is 0.947. The van der Waals surface area contributed by atoms with E-state index in [2.05, 4.69) is 10.2 Å². The quantitative estimate of drug-likeness (QED) is 0.785. The number of carbonyl (C=O) groups excluding carboxylic acids is 1. The van der Waals surface area contributed by atoms with Crippen LogP contribution in [0.15, 0.2) is 12.1 Å². The zero-order valence-electron chi connectivity index (χ0n) is 16.3. The first-order valence-electron chi connectivity index (χ1n) is 9.84. The lowest BCUT2D eigenvalue weighted by Crippen LogP contribution is -2.53. The molecule has 1 aliphatic carbocycles. The maximum atomic E-state index is 12.6. The monoisotopic (exact) mass is 395 g/mol. The number of ether oxygens (including phenoxy) is 2. The fourth-order valence-corrected chi connectivity index (χ4v) is 4.16. The maximum Gasteiger partial charge on any atom is 0.317 e. The molecule has 2 aliphatic rings. The number of anilines is 1. The molecule has 1 saturated heterocycles. The average molecular weight is 396 g/mol. The second-order valence-electron chi connectivity index (χ2n) is 7.27. The van der Waals surface area contributed by atoms with E-state index in [9.17, 15) is 4.79 Å². The van der Waals surface area contributed by atoms with Crippen LogP contribution in [0.3, 0.4) is 0 Å². The summed E-state index contributed by atoms with van der Waals surface area (Å²) in [4.78, 5) is 16.8. The smallest absolute Gasteiger partial charge is 0.317 e. The summed E-state index contributed by atoms with van der Waals surface area (Å²) in [6, 6.07) is 4.09. The van der Waals surface area contributed by atoms with Gasteiger partial charge in [-0.15, -0.1) is 0 Å². The first-order chi connectivity index (χ1) is 13.1.